The summed E-state index contributed by atoms with van der Waals surface area (Å²) >= 11 is 0. The minimum atomic E-state index is -0.877. The van der Waals surface area contributed by atoms with Gasteiger partial charge in [0.05, 0.1) is 0 Å². The molecule has 0 unspecified atom stereocenters. The van der Waals surface area contributed by atoms with Crippen LogP contribution in [0.5, 0.6) is 0 Å². The Hall–Kier alpha value is -0.160. The third-order valence-electron chi connectivity index (χ3n) is 1.78. The van der Waals surface area contributed by atoms with Crippen LogP contribution in [0, 0.1) is 0 Å². The van der Waals surface area contributed by atoms with E-state index in [1.54, 1.807) is 0 Å². The van der Waals surface area contributed by atoms with Gasteiger partial charge in [0.25, 0.3) is 5.97 Å². The predicted octanol–water partition coefficient (Wildman–Crippen LogP) is 1.49. The standard InChI is InChI=1S/C10H23NO3/c1-4-12-10(13-5-2,14-6-3)8-7-9-11/h4-9,11H2,1-3H3. The number of ether oxygens (including phenoxy) is 3. The molecule has 0 heterocycles. The fourth-order valence-electron chi connectivity index (χ4n) is 1.32. The van der Waals surface area contributed by atoms with E-state index in [1.165, 1.54) is 0 Å². The third-order valence-corrected chi connectivity index (χ3v) is 1.78. The molecule has 0 radical (unpaired) electrons. The fourth-order valence-corrected chi connectivity index (χ4v) is 1.32. The van der Waals surface area contributed by atoms with Crippen molar-refractivity contribution in [2.24, 2.45) is 5.73 Å². The summed E-state index contributed by atoms with van der Waals surface area (Å²) in [4.78, 5) is 0. The van der Waals surface area contributed by atoms with E-state index in [2.05, 4.69) is 0 Å². The highest BCUT2D eigenvalue weighted by Crippen LogP contribution is 2.21. The summed E-state index contributed by atoms with van der Waals surface area (Å²) in [6, 6.07) is 0. The molecule has 0 aliphatic heterocycles. The molecule has 0 aromatic carbocycles. The van der Waals surface area contributed by atoms with Crippen molar-refractivity contribution in [3.05, 3.63) is 0 Å². The molecular formula is C10H23NO3. The molecule has 2 N–H and O–H groups in total. The zero-order valence-electron chi connectivity index (χ0n) is 9.54. The summed E-state index contributed by atoms with van der Waals surface area (Å²) in [5.41, 5.74) is 5.46. The largest absolute Gasteiger partial charge is 0.330 e. The lowest BCUT2D eigenvalue weighted by Gasteiger charge is -2.32. The van der Waals surface area contributed by atoms with E-state index in [-0.39, 0.29) is 0 Å². The summed E-state index contributed by atoms with van der Waals surface area (Å²) in [5, 5.41) is 0. The van der Waals surface area contributed by atoms with Crippen molar-refractivity contribution >= 4 is 0 Å². The monoisotopic (exact) mass is 205 g/mol. The second kappa shape index (κ2) is 8.17. The Morgan fingerprint density at radius 3 is 1.64 bits per heavy atom. The van der Waals surface area contributed by atoms with E-state index in [0.29, 0.717) is 32.8 Å². The minimum Gasteiger partial charge on any atom is -0.330 e. The van der Waals surface area contributed by atoms with Crippen LogP contribution in [0.3, 0.4) is 0 Å². The fraction of sp³-hybridized carbons (Fsp3) is 1.00. The molecule has 86 valence electrons. The van der Waals surface area contributed by atoms with Gasteiger partial charge < -0.3 is 19.9 Å². The van der Waals surface area contributed by atoms with Crippen LogP contribution in [0.4, 0.5) is 0 Å². The maximum absolute atomic E-state index is 5.51. The predicted molar refractivity (Wildman–Crippen MR) is 55.9 cm³/mol. The van der Waals surface area contributed by atoms with Crippen molar-refractivity contribution in [3.8, 4) is 0 Å². The molecule has 0 rings (SSSR count). The zero-order chi connectivity index (χ0) is 10.9. The van der Waals surface area contributed by atoms with Crippen molar-refractivity contribution in [1.82, 2.24) is 0 Å². The van der Waals surface area contributed by atoms with E-state index in [9.17, 15) is 0 Å². The summed E-state index contributed by atoms with van der Waals surface area (Å²) in [6.45, 7) is 8.12. The smallest absolute Gasteiger partial charge is 0.282 e. The molecule has 4 heteroatoms. The molecule has 0 aromatic heterocycles. The molecule has 0 aliphatic carbocycles. The average Bonchev–Trinajstić information content (AvgIpc) is 2.16. The van der Waals surface area contributed by atoms with E-state index >= 15 is 0 Å². The highest BCUT2D eigenvalue weighted by Gasteiger charge is 2.31. The molecular weight excluding hydrogens is 182 g/mol. The normalized spacial score (nSPS) is 12.0. The summed E-state index contributed by atoms with van der Waals surface area (Å²) in [7, 11) is 0. The first-order valence-corrected chi connectivity index (χ1v) is 5.36. The van der Waals surface area contributed by atoms with Crippen molar-refractivity contribution in [3.63, 3.8) is 0 Å². The van der Waals surface area contributed by atoms with Gasteiger partial charge in [0.2, 0.25) is 0 Å². The van der Waals surface area contributed by atoms with Crippen molar-refractivity contribution in [2.75, 3.05) is 26.4 Å². The second-order valence-electron chi connectivity index (χ2n) is 2.87. The van der Waals surface area contributed by atoms with Gasteiger partial charge in [-0.2, -0.15) is 0 Å². The van der Waals surface area contributed by atoms with Crippen LogP contribution in [-0.2, 0) is 14.2 Å². The van der Waals surface area contributed by atoms with Crippen molar-refractivity contribution in [2.45, 2.75) is 39.6 Å². The van der Waals surface area contributed by atoms with Gasteiger partial charge in [-0.05, 0) is 33.7 Å². The Morgan fingerprint density at radius 2 is 1.36 bits per heavy atom. The van der Waals surface area contributed by atoms with Gasteiger partial charge in [0, 0.05) is 26.2 Å². The minimum absolute atomic E-state index is 0.574. The Labute approximate surface area is 86.7 Å². The Bertz CT molecular complexity index is 114. The lowest BCUT2D eigenvalue weighted by Crippen LogP contribution is -2.40. The number of rotatable bonds is 9. The van der Waals surface area contributed by atoms with Gasteiger partial charge in [0.1, 0.15) is 0 Å². The molecule has 4 nitrogen and oxygen atoms in total. The SMILES string of the molecule is CCOC(CCCN)(OCC)OCC. The lowest BCUT2D eigenvalue weighted by atomic mass is 10.2. The zero-order valence-corrected chi connectivity index (χ0v) is 9.54. The molecule has 0 aromatic rings. The van der Waals surface area contributed by atoms with Gasteiger partial charge in [-0.25, -0.2) is 0 Å². The number of nitrogens with two attached hydrogens (primary N) is 1. The molecule has 14 heavy (non-hydrogen) atoms. The van der Waals surface area contributed by atoms with E-state index in [4.69, 9.17) is 19.9 Å². The maximum Gasteiger partial charge on any atom is 0.282 e. The van der Waals surface area contributed by atoms with Gasteiger partial charge in [-0.15, -0.1) is 0 Å². The highest BCUT2D eigenvalue weighted by atomic mass is 16.9. The second-order valence-corrected chi connectivity index (χ2v) is 2.87. The number of hydrogen-bond donors (Lipinski definition) is 1. The van der Waals surface area contributed by atoms with Crippen LogP contribution in [-0.4, -0.2) is 32.3 Å². The van der Waals surface area contributed by atoms with Crippen molar-refractivity contribution in [1.29, 1.82) is 0 Å². The van der Waals surface area contributed by atoms with Gasteiger partial charge >= 0.3 is 0 Å². The molecule has 0 saturated heterocycles. The summed E-state index contributed by atoms with van der Waals surface area (Å²) < 4.78 is 16.5. The van der Waals surface area contributed by atoms with Crippen LogP contribution in [0.1, 0.15) is 33.6 Å². The van der Waals surface area contributed by atoms with Crippen molar-refractivity contribution < 1.29 is 14.2 Å². The third kappa shape index (κ3) is 4.91. The summed E-state index contributed by atoms with van der Waals surface area (Å²) in [6.07, 6.45) is 1.51. The van der Waals surface area contributed by atoms with E-state index in [1.807, 2.05) is 20.8 Å². The van der Waals surface area contributed by atoms with Gasteiger partial charge in [0.15, 0.2) is 0 Å². The first-order chi connectivity index (χ1) is 6.74. The van der Waals surface area contributed by atoms with E-state index in [0.717, 1.165) is 6.42 Å². The van der Waals surface area contributed by atoms with Crippen LogP contribution >= 0.6 is 0 Å². The molecule has 0 bridgehead atoms. The lowest BCUT2D eigenvalue weighted by molar-refractivity contribution is -0.379. The molecule has 0 aliphatic rings. The Morgan fingerprint density at radius 1 is 0.929 bits per heavy atom. The summed E-state index contributed by atoms with van der Waals surface area (Å²) in [5.74, 6) is -0.877. The average molecular weight is 205 g/mol. The molecule has 0 atom stereocenters. The Balaban J connectivity index is 4.21. The topological polar surface area (TPSA) is 53.7 Å². The molecule has 0 saturated carbocycles. The van der Waals surface area contributed by atoms with Crippen LogP contribution in [0.2, 0.25) is 0 Å². The molecule has 0 fully saturated rings. The van der Waals surface area contributed by atoms with Gasteiger partial charge in [-0.1, -0.05) is 0 Å². The Kier molecular flexibility index (Phi) is 8.08. The van der Waals surface area contributed by atoms with E-state index < -0.39 is 5.97 Å². The maximum atomic E-state index is 5.51. The van der Waals surface area contributed by atoms with Crippen LogP contribution < -0.4 is 5.73 Å². The molecule has 0 amide bonds. The molecule has 0 spiro atoms. The van der Waals surface area contributed by atoms with Gasteiger partial charge in [-0.3, -0.25) is 0 Å². The first-order valence-electron chi connectivity index (χ1n) is 5.36. The quantitative estimate of drug-likeness (QED) is 0.579. The highest BCUT2D eigenvalue weighted by molar-refractivity contribution is 4.58. The van der Waals surface area contributed by atoms with Crippen LogP contribution in [0.15, 0.2) is 0 Å². The first kappa shape index (κ1) is 13.8. The number of hydrogen-bond acceptors (Lipinski definition) is 4. The van der Waals surface area contributed by atoms with Crippen LogP contribution in [0.25, 0.3) is 0 Å².